The zero-order valence-corrected chi connectivity index (χ0v) is 15.5. The highest BCUT2D eigenvalue weighted by Gasteiger charge is 2.25. The van der Waals surface area contributed by atoms with Crippen molar-refractivity contribution in [3.05, 3.63) is 34.9 Å². The summed E-state index contributed by atoms with van der Waals surface area (Å²) in [5, 5.41) is 6.19. The number of ether oxygens (including phenoxy) is 1. The van der Waals surface area contributed by atoms with E-state index in [-0.39, 0.29) is 17.9 Å². The summed E-state index contributed by atoms with van der Waals surface area (Å²) in [5.74, 6) is -0.245. The highest BCUT2D eigenvalue weighted by atomic mass is 35.5. The summed E-state index contributed by atoms with van der Waals surface area (Å²) in [6, 6.07) is 6.88. The Labute approximate surface area is 149 Å². The minimum Gasteiger partial charge on any atom is -0.447 e. The number of hydrogen-bond acceptors (Lipinski definition) is 3. The number of benzene rings is 1. The fourth-order valence-electron chi connectivity index (χ4n) is 2.05. The van der Waals surface area contributed by atoms with Gasteiger partial charge in [0.1, 0.15) is 12.1 Å². The molecular weight excluding hydrogens is 328 g/mol. The number of nitrogens with one attached hydrogen (secondary N) is 2. The lowest BCUT2D eigenvalue weighted by Gasteiger charge is -2.22. The molecule has 0 saturated carbocycles. The fraction of sp³-hybridized carbons (Fsp3) is 0.556. The Balaban J connectivity index is 2.48. The maximum absolute atomic E-state index is 12.3. The van der Waals surface area contributed by atoms with E-state index in [4.69, 9.17) is 16.3 Å². The van der Waals surface area contributed by atoms with Crippen molar-refractivity contribution >= 4 is 23.6 Å². The molecule has 5 nitrogen and oxygen atoms in total. The number of carbonyl (C=O) groups excluding carboxylic acids is 2. The summed E-state index contributed by atoms with van der Waals surface area (Å²) in [4.78, 5) is 24.2. The number of hydrogen-bond donors (Lipinski definition) is 2. The third kappa shape index (κ3) is 7.21. The molecule has 0 saturated heterocycles. The van der Waals surface area contributed by atoms with Crippen molar-refractivity contribution in [1.82, 2.24) is 10.6 Å². The zero-order valence-electron chi connectivity index (χ0n) is 14.8. The molecule has 1 unspecified atom stereocenters. The average molecular weight is 355 g/mol. The van der Waals surface area contributed by atoms with Gasteiger partial charge in [-0.15, -0.1) is 0 Å². The highest BCUT2D eigenvalue weighted by molar-refractivity contribution is 6.30. The van der Waals surface area contributed by atoms with Crippen LogP contribution in [0.1, 0.15) is 39.7 Å². The first-order valence-corrected chi connectivity index (χ1v) is 8.70. The van der Waals surface area contributed by atoms with Gasteiger partial charge in [-0.3, -0.25) is 4.79 Å². The second-order valence-electron chi connectivity index (χ2n) is 6.16. The quantitative estimate of drug-likeness (QED) is 0.750. The summed E-state index contributed by atoms with van der Waals surface area (Å²) in [5.41, 5.74) is 1.09. The molecule has 1 rings (SSSR count). The molecule has 2 amide bonds. The predicted octanol–water partition coefficient (Wildman–Crippen LogP) is 3.55. The summed E-state index contributed by atoms with van der Waals surface area (Å²) in [6.45, 7) is 8.00. The number of alkyl carbamates (subject to hydrolysis) is 1. The maximum Gasteiger partial charge on any atom is 0.408 e. The molecule has 0 radical (unpaired) electrons. The van der Waals surface area contributed by atoms with E-state index < -0.39 is 12.1 Å². The van der Waals surface area contributed by atoms with Gasteiger partial charge >= 0.3 is 6.09 Å². The molecule has 134 valence electrons. The normalized spacial score (nSPS) is 13.2. The first kappa shape index (κ1) is 20.3. The number of carbonyl (C=O) groups is 2. The van der Waals surface area contributed by atoms with Gasteiger partial charge in [-0.25, -0.2) is 4.79 Å². The molecular formula is C18H27ClN2O3. The van der Waals surface area contributed by atoms with E-state index in [1.54, 1.807) is 0 Å². The minimum atomic E-state index is -0.619. The molecule has 0 aliphatic rings. The van der Waals surface area contributed by atoms with E-state index in [9.17, 15) is 9.59 Å². The Hall–Kier alpha value is -1.75. The van der Waals surface area contributed by atoms with Crippen LogP contribution in [0.15, 0.2) is 24.3 Å². The van der Waals surface area contributed by atoms with Gasteiger partial charge in [0.2, 0.25) is 5.91 Å². The van der Waals surface area contributed by atoms with Crippen molar-refractivity contribution in [3.63, 3.8) is 0 Å². The van der Waals surface area contributed by atoms with Crippen LogP contribution < -0.4 is 10.6 Å². The predicted molar refractivity (Wildman–Crippen MR) is 96.2 cm³/mol. The molecule has 0 aliphatic heterocycles. The van der Waals surface area contributed by atoms with E-state index >= 15 is 0 Å². The van der Waals surface area contributed by atoms with Gasteiger partial charge in [-0.05, 0) is 43.4 Å². The Bertz CT molecular complexity index is 532. The molecule has 24 heavy (non-hydrogen) atoms. The maximum atomic E-state index is 12.3. The van der Waals surface area contributed by atoms with Crippen LogP contribution in [0.3, 0.4) is 0 Å². The molecule has 0 bridgehead atoms. The largest absolute Gasteiger partial charge is 0.447 e. The number of halogens is 1. The van der Waals surface area contributed by atoms with Crippen molar-refractivity contribution in [3.8, 4) is 0 Å². The minimum absolute atomic E-state index is 0.0370. The lowest BCUT2D eigenvalue weighted by Crippen LogP contribution is -2.50. The van der Waals surface area contributed by atoms with Crippen molar-refractivity contribution in [2.45, 2.75) is 52.7 Å². The van der Waals surface area contributed by atoms with Crippen molar-refractivity contribution in [2.24, 2.45) is 5.92 Å². The standard InChI is InChI=1S/C18H27ClN2O3/c1-5-13(4)24-18(23)21-16(12(2)3)17(22)20-11-10-14-6-8-15(19)9-7-14/h6-9,12-13,16H,5,10-11H2,1-4H3,(H,20,22)(H,21,23)/t13?,16-/m0/s1. The molecule has 0 heterocycles. The Morgan fingerprint density at radius 2 is 1.79 bits per heavy atom. The second-order valence-corrected chi connectivity index (χ2v) is 6.59. The molecule has 0 fully saturated rings. The SMILES string of the molecule is CCC(C)OC(=O)N[C@H](C(=O)NCCc1ccc(Cl)cc1)C(C)C. The monoisotopic (exact) mass is 354 g/mol. The number of amides is 2. The lowest BCUT2D eigenvalue weighted by molar-refractivity contribution is -0.124. The van der Waals surface area contributed by atoms with Gasteiger partial charge in [0.15, 0.2) is 0 Å². The van der Waals surface area contributed by atoms with E-state index in [0.29, 0.717) is 18.0 Å². The van der Waals surface area contributed by atoms with Gasteiger partial charge in [0.05, 0.1) is 0 Å². The second kappa shape index (κ2) is 10.2. The molecule has 2 atom stereocenters. The summed E-state index contributed by atoms with van der Waals surface area (Å²) >= 11 is 5.85. The van der Waals surface area contributed by atoms with Gasteiger partial charge in [0, 0.05) is 11.6 Å². The highest BCUT2D eigenvalue weighted by Crippen LogP contribution is 2.10. The molecule has 0 aliphatic carbocycles. The van der Waals surface area contributed by atoms with Gasteiger partial charge in [-0.1, -0.05) is 44.5 Å². The third-order valence-corrected chi connectivity index (χ3v) is 3.98. The molecule has 6 heteroatoms. The van der Waals surface area contributed by atoms with Crippen LogP contribution in [-0.4, -0.2) is 30.7 Å². The zero-order chi connectivity index (χ0) is 18.1. The molecule has 1 aromatic carbocycles. The van der Waals surface area contributed by atoms with Crippen LogP contribution in [0.4, 0.5) is 4.79 Å². The van der Waals surface area contributed by atoms with Crippen LogP contribution in [-0.2, 0) is 16.0 Å². The van der Waals surface area contributed by atoms with Crippen LogP contribution in [0.25, 0.3) is 0 Å². The summed E-state index contributed by atoms with van der Waals surface area (Å²) in [7, 11) is 0. The number of rotatable bonds is 8. The fourth-order valence-corrected chi connectivity index (χ4v) is 2.18. The summed E-state index contributed by atoms with van der Waals surface area (Å²) < 4.78 is 5.17. The molecule has 0 spiro atoms. The summed E-state index contributed by atoms with van der Waals surface area (Å²) in [6.07, 6.45) is 0.694. The van der Waals surface area contributed by atoms with Crippen LogP contribution in [0.5, 0.6) is 0 Å². The van der Waals surface area contributed by atoms with Crippen molar-refractivity contribution in [2.75, 3.05) is 6.54 Å². The smallest absolute Gasteiger partial charge is 0.408 e. The molecule has 2 N–H and O–H groups in total. The Morgan fingerprint density at radius 3 is 2.33 bits per heavy atom. The van der Waals surface area contributed by atoms with E-state index in [2.05, 4.69) is 10.6 Å². The van der Waals surface area contributed by atoms with Gasteiger partial charge in [-0.2, -0.15) is 0 Å². The van der Waals surface area contributed by atoms with Crippen molar-refractivity contribution < 1.29 is 14.3 Å². The van der Waals surface area contributed by atoms with Crippen LogP contribution in [0, 0.1) is 5.92 Å². The van der Waals surface area contributed by atoms with Crippen molar-refractivity contribution in [1.29, 1.82) is 0 Å². The average Bonchev–Trinajstić information content (AvgIpc) is 2.53. The first-order valence-electron chi connectivity index (χ1n) is 8.32. The molecule has 0 aromatic heterocycles. The Kier molecular flexibility index (Phi) is 8.61. The van der Waals surface area contributed by atoms with Crippen LogP contribution >= 0.6 is 11.6 Å². The Morgan fingerprint density at radius 1 is 1.17 bits per heavy atom. The third-order valence-electron chi connectivity index (χ3n) is 3.73. The van der Waals surface area contributed by atoms with Crippen LogP contribution in [0.2, 0.25) is 5.02 Å². The van der Waals surface area contributed by atoms with Gasteiger partial charge in [0.25, 0.3) is 0 Å². The molecule has 1 aromatic rings. The van der Waals surface area contributed by atoms with Gasteiger partial charge < -0.3 is 15.4 Å². The van der Waals surface area contributed by atoms with E-state index in [0.717, 1.165) is 12.0 Å². The lowest BCUT2D eigenvalue weighted by atomic mass is 10.0. The first-order chi connectivity index (χ1) is 11.3. The van der Waals surface area contributed by atoms with E-state index in [1.807, 2.05) is 52.0 Å². The topological polar surface area (TPSA) is 67.4 Å². The van der Waals surface area contributed by atoms with E-state index in [1.165, 1.54) is 0 Å².